The fourth-order valence-electron chi connectivity index (χ4n) is 10.3. The van der Waals surface area contributed by atoms with Crippen molar-refractivity contribution in [2.45, 2.75) is 5.41 Å². The van der Waals surface area contributed by atoms with E-state index in [1.165, 1.54) is 71.9 Å². The fraction of sp³-hybridized carbons (Fsp3) is 0.0164. The molecule has 0 saturated carbocycles. The predicted molar refractivity (Wildman–Crippen MR) is 264 cm³/mol. The number of hydrogen-bond donors (Lipinski definition) is 0. The minimum Gasteiger partial charge on any atom is -0.310 e. The molecule has 0 N–H and O–H groups in total. The molecule has 0 atom stereocenters. The zero-order chi connectivity index (χ0) is 41.7. The summed E-state index contributed by atoms with van der Waals surface area (Å²) in [6.45, 7) is 0. The van der Waals surface area contributed by atoms with Gasteiger partial charge >= 0.3 is 0 Å². The van der Waals surface area contributed by atoms with Crippen molar-refractivity contribution in [1.29, 1.82) is 0 Å². The quantitative estimate of drug-likeness (QED) is 0.149. The average molecular weight is 803 g/mol. The number of aromatic nitrogens is 1. The van der Waals surface area contributed by atoms with Crippen LogP contribution in [0.15, 0.2) is 255 Å². The van der Waals surface area contributed by atoms with Crippen LogP contribution in [-0.4, -0.2) is 4.57 Å². The number of nitrogens with zero attached hydrogens (tertiary/aromatic N) is 2. The molecule has 12 rings (SSSR count). The van der Waals surface area contributed by atoms with Gasteiger partial charge in [-0.15, -0.1) is 0 Å². The predicted octanol–water partition coefficient (Wildman–Crippen LogP) is 16.0. The van der Waals surface area contributed by atoms with Gasteiger partial charge in [0.1, 0.15) is 0 Å². The van der Waals surface area contributed by atoms with Crippen molar-refractivity contribution >= 4 is 38.9 Å². The van der Waals surface area contributed by atoms with Gasteiger partial charge in [-0.05, 0) is 116 Å². The first kappa shape index (κ1) is 36.6. The first-order chi connectivity index (χ1) is 31.3. The fourth-order valence-corrected chi connectivity index (χ4v) is 10.3. The summed E-state index contributed by atoms with van der Waals surface area (Å²) in [6, 6.07) is 93.2. The Hall–Kier alpha value is -8.20. The van der Waals surface area contributed by atoms with E-state index >= 15 is 0 Å². The average Bonchev–Trinajstić information content (AvgIpc) is 3.86. The Bertz CT molecular complexity index is 3340. The molecule has 0 radical (unpaired) electrons. The van der Waals surface area contributed by atoms with Gasteiger partial charge in [0.15, 0.2) is 0 Å². The number of anilines is 3. The number of rotatable bonds is 8. The van der Waals surface area contributed by atoms with Gasteiger partial charge in [0, 0.05) is 33.5 Å². The Balaban J connectivity index is 0.996. The largest absolute Gasteiger partial charge is 0.310 e. The summed E-state index contributed by atoms with van der Waals surface area (Å²) in [5, 5.41) is 2.53. The van der Waals surface area contributed by atoms with Crippen molar-refractivity contribution in [1.82, 2.24) is 4.57 Å². The van der Waals surface area contributed by atoms with Crippen molar-refractivity contribution < 1.29 is 0 Å². The van der Waals surface area contributed by atoms with Gasteiger partial charge in [-0.3, -0.25) is 0 Å². The Labute approximate surface area is 368 Å². The van der Waals surface area contributed by atoms with Crippen molar-refractivity contribution in [2.24, 2.45) is 0 Å². The molecular weight excluding hydrogens is 761 g/mol. The molecule has 1 aliphatic carbocycles. The highest BCUT2D eigenvalue weighted by atomic mass is 15.1. The van der Waals surface area contributed by atoms with Gasteiger partial charge in [0.2, 0.25) is 0 Å². The number of fused-ring (bicyclic) bond motifs is 6. The Morgan fingerprint density at radius 2 is 0.762 bits per heavy atom. The van der Waals surface area contributed by atoms with Crippen molar-refractivity contribution in [2.75, 3.05) is 4.90 Å². The van der Waals surface area contributed by atoms with Gasteiger partial charge < -0.3 is 9.47 Å². The van der Waals surface area contributed by atoms with Crippen LogP contribution in [0.5, 0.6) is 0 Å². The highest BCUT2D eigenvalue weighted by molar-refractivity contribution is 6.09. The molecule has 0 aliphatic heterocycles. The summed E-state index contributed by atoms with van der Waals surface area (Å²) in [6.07, 6.45) is 0. The van der Waals surface area contributed by atoms with Gasteiger partial charge in [-0.25, -0.2) is 0 Å². The molecule has 0 fully saturated rings. The zero-order valence-corrected chi connectivity index (χ0v) is 34.6. The van der Waals surface area contributed by atoms with Crippen molar-refractivity contribution in [3.8, 4) is 39.1 Å². The maximum absolute atomic E-state index is 2.42. The summed E-state index contributed by atoms with van der Waals surface area (Å²) in [5.74, 6) is 0. The van der Waals surface area contributed by atoms with Gasteiger partial charge in [0.25, 0.3) is 0 Å². The standard InChI is InChI=1S/C61H42N2/c1-3-17-43(18-4-1)44-33-37-49(38-34-44)62(50-39-35-45(36-40-50)46-19-15-23-51(41-46)63-59-31-13-9-27-55(59)56-28-10-14-32-60(56)63)52-24-16-22-48(42-52)61(47-20-5-2-6-21-47)57-29-11-7-25-53(57)54-26-8-12-30-58(54)61/h1-42H. The summed E-state index contributed by atoms with van der Waals surface area (Å²) in [4.78, 5) is 2.40. The molecule has 0 spiro atoms. The molecule has 1 aliphatic rings. The normalized spacial score (nSPS) is 12.6. The van der Waals surface area contributed by atoms with E-state index in [9.17, 15) is 0 Å². The van der Waals surface area contributed by atoms with Gasteiger partial charge in [0.05, 0.1) is 16.4 Å². The molecule has 0 saturated heterocycles. The minimum atomic E-state index is -0.501. The second kappa shape index (κ2) is 15.1. The molecule has 2 nitrogen and oxygen atoms in total. The number of benzene rings is 10. The molecular formula is C61H42N2. The van der Waals surface area contributed by atoms with Crippen molar-refractivity contribution in [3.05, 3.63) is 277 Å². The molecule has 0 amide bonds. The Morgan fingerprint density at radius 1 is 0.302 bits per heavy atom. The molecule has 296 valence electrons. The third kappa shape index (κ3) is 5.95. The highest BCUT2D eigenvalue weighted by Gasteiger charge is 2.46. The molecule has 63 heavy (non-hydrogen) atoms. The lowest BCUT2D eigenvalue weighted by Gasteiger charge is -2.35. The lowest BCUT2D eigenvalue weighted by molar-refractivity contribution is 0.768. The van der Waals surface area contributed by atoms with Crippen LogP contribution in [-0.2, 0) is 5.41 Å². The molecule has 11 aromatic rings. The lowest BCUT2D eigenvalue weighted by atomic mass is 9.67. The van der Waals surface area contributed by atoms with Crippen LogP contribution in [0.2, 0.25) is 0 Å². The van der Waals surface area contributed by atoms with Crippen LogP contribution < -0.4 is 4.90 Å². The topological polar surface area (TPSA) is 8.17 Å². The molecule has 0 bridgehead atoms. The SMILES string of the molecule is c1ccc(-c2ccc(N(c3ccc(-c4cccc(-n5c6ccccc6c6ccccc65)c4)cc3)c3cccc(C4(c5ccccc5)c5ccccc5-c5ccccc54)c3)cc2)cc1. The Morgan fingerprint density at radius 3 is 1.38 bits per heavy atom. The van der Waals surface area contributed by atoms with E-state index in [4.69, 9.17) is 0 Å². The maximum atomic E-state index is 2.42. The smallest absolute Gasteiger partial charge is 0.0714 e. The zero-order valence-electron chi connectivity index (χ0n) is 34.6. The van der Waals surface area contributed by atoms with E-state index in [1.54, 1.807) is 0 Å². The van der Waals surface area contributed by atoms with E-state index in [1.807, 2.05) is 0 Å². The van der Waals surface area contributed by atoms with E-state index in [-0.39, 0.29) is 0 Å². The number of para-hydroxylation sites is 2. The highest BCUT2D eigenvalue weighted by Crippen LogP contribution is 2.56. The minimum absolute atomic E-state index is 0.501. The van der Waals surface area contributed by atoms with Crippen LogP contribution in [0.3, 0.4) is 0 Å². The van der Waals surface area contributed by atoms with Gasteiger partial charge in [-0.1, -0.05) is 194 Å². The maximum Gasteiger partial charge on any atom is 0.0714 e. The third-order valence-electron chi connectivity index (χ3n) is 13.1. The van der Waals surface area contributed by atoms with E-state index < -0.39 is 5.41 Å². The summed E-state index contributed by atoms with van der Waals surface area (Å²) >= 11 is 0. The van der Waals surface area contributed by atoms with Crippen LogP contribution in [0, 0.1) is 0 Å². The van der Waals surface area contributed by atoms with Crippen LogP contribution >= 0.6 is 0 Å². The summed E-state index contributed by atoms with van der Waals surface area (Å²) in [5.41, 5.74) is 18.7. The lowest BCUT2D eigenvalue weighted by Crippen LogP contribution is -2.28. The molecule has 1 aromatic heterocycles. The third-order valence-corrected chi connectivity index (χ3v) is 13.1. The Kier molecular flexibility index (Phi) is 8.76. The molecule has 10 aromatic carbocycles. The second-order valence-corrected chi connectivity index (χ2v) is 16.5. The van der Waals surface area contributed by atoms with Crippen molar-refractivity contribution in [3.63, 3.8) is 0 Å². The van der Waals surface area contributed by atoms with Crippen LogP contribution in [0.4, 0.5) is 17.1 Å². The van der Waals surface area contributed by atoms with Gasteiger partial charge in [-0.2, -0.15) is 0 Å². The molecule has 2 heteroatoms. The van der Waals surface area contributed by atoms with E-state index in [2.05, 4.69) is 264 Å². The van der Waals surface area contributed by atoms with E-state index in [0.717, 1.165) is 28.3 Å². The first-order valence-electron chi connectivity index (χ1n) is 21.8. The second-order valence-electron chi connectivity index (χ2n) is 16.5. The molecule has 0 unspecified atom stereocenters. The number of hydrogen-bond acceptors (Lipinski definition) is 1. The first-order valence-corrected chi connectivity index (χ1v) is 21.8. The van der Waals surface area contributed by atoms with Crippen LogP contribution in [0.25, 0.3) is 60.9 Å². The summed E-state index contributed by atoms with van der Waals surface area (Å²) < 4.78 is 2.39. The van der Waals surface area contributed by atoms with E-state index in [0.29, 0.717) is 0 Å². The van der Waals surface area contributed by atoms with Crippen LogP contribution in [0.1, 0.15) is 22.3 Å². The monoisotopic (exact) mass is 802 g/mol. The molecule has 1 heterocycles. The summed E-state index contributed by atoms with van der Waals surface area (Å²) in [7, 11) is 0.